The molecular weight excluding hydrogens is 456 g/mol. The average molecular weight is 491 g/mol. The maximum absolute atomic E-state index is 13.1. The fourth-order valence-corrected chi connectivity index (χ4v) is 4.90. The molecule has 2 heterocycles. The van der Waals surface area contributed by atoms with Gasteiger partial charge in [0.05, 0.1) is 22.4 Å². The van der Waals surface area contributed by atoms with Crippen molar-refractivity contribution >= 4 is 17.5 Å². The summed E-state index contributed by atoms with van der Waals surface area (Å²) < 4.78 is 8.99. The van der Waals surface area contributed by atoms with Gasteiger partial charge in [0.1, 0.15) is 6.23 Å². The lowest BCUT2D eigenvalue weighted by Crippen LogP contribution is -2.48. The van der Waals surface area contributed by atoms with E-state index in [1.54, 1.807) is 29.0 Å². The fraction of sp³-hybridized carbons (Fsp3) is 0.600. The summed E-state index contributed by atoms with van der Waals surface area (Å²) in [6.07, 6.45) is 8.16. The topological polar surface area (TPSA) is 97.5 Å². The molecule has 8 nitrogen and oxygen atoms in total. The number of nitrogens with one attached hydrogen (secondary N) is 2. The number of aryl methyl sites for hydroxylation is 1. The van der Waals surface area contributed by atoms with Crippen LogP contribution in [0.5, 0.6) is 0 Å². The van der Waals surface area contributed by atoms with Crippen molar-refractivity contribution in [1.29, 1.82) is 0 Å². The number of nitrogens with zero attached hydrogens (tertiary/aromatic N) is 2. The van der Waals surface area contributed by atoms with E-state index in [0.29, 0.717) is 18.8 Å². The summed E-state index contributed by atoms with van der Waals surface area (Å²) in [5.41, 5.74) is 1.46. The summed E-state index contributed by atoms with van der Waals surface area (Å²) in [7, 11) is 0. The third-order valence-electron chi connectivity index (χ3n) is 6.90. The molecule has 34 heavy (non-hydrogen) atoms. The van der Waals surface area contributed by atoms with E-state index in [0.717, 1.165) is 50.9 Å². The van der Waals surface area contributed by atoms with Gasteiger partial charge in [-0.05, 0) is 44.4 Å². The van der Waals surface area contributed by atoms with E-state index in [2.05, 4.69) is 10.6 Å². The lowest BCUT2D eigenvalue weighted by molar-refractivity contribution is 0.0163. The Morgan fingerprint density at radius 2 is 2.00 bits per heavy atom. The molecule has 4 rings (SSSR count). The minimum atomic E-state index is -0.908. The SMILES string of the molecule is Cc1cn(-c2ccc(Cl)c(C(=O)NC(O)C3CCCCCC3)c2)c(=O)n1CCCOC1CNC1. The second kappa shape index (κ2) is 11.5. The van der Waals surface area contributed by atoms with Crippen molar-refractivity contribution in [2.45, 2.75) is 70.7 Å². The summed E-state index contributed by atoms with van der Waals surface area (Å²) in [5, 5.41) is 16.8. The molecule has 0 bridgehead atoms. The fourth-order valence-electron chi connectivity index (χ4n) is 4.70. The van der Waals surface area contributed by atoms with E-state index in [1.807, 2.05) is 6.92 Å². The van der Waals surface area contributed by atoms with Gasteiger partial charge in [-0.1, -0.05) is 37.3 Å². The Balaban J connectivity index is 1.44. The maximum Gasteiger partial charge on any atom is 0.332 e. The molecule has 2 fully saturated rings. The van der Waals surface area contributed by atoms with Gasteiger partial charge in [-0.15, -0.1) is 0 Å². The third kappa shape index (κ3) is 5.92. The van der Waals surface area contributed by atoms with Crippen molar-refractivity contribution in [1.82, 2.24) is 19.8 Å². The van der Waals surface area contributed by atoms with E-state index in [-0.39, 0.29) is 28.3 Å². The predicted molar refractivity (Wildman–Crippen MR) is 132 cm³/mol. The van der Waals surface area contributed by atoms with Crippen LogP contribution >= 0.6 is 11.6 Å². The molecule has 1 unspecified atom stereocenters. The maximum atomic E-state index is 13.1. The Morgan fingerprint density at radius 3 is 2.68 bits per heavy atom. The number of imidazole rings is 1. The summed E-state index contributed by atoms with van der Waals surface area (Å²) in [5.74, 6) is -0.382. The smallest absolute Gasteiger partial charge is 0.332 e. The van der Waals surface area contributed by atoms with Crippen LogP contribution < -0.4 is 16.3 Å². The first kappa shape index (κ1) is 25.0. The number of hydrogen-bond donors (Lipinski definition) is 3. The van der Waals surface area contributed by atoms with Gasteiger partial charge in [0.2, 0.25) is 0 Å². The number of carbonyl (C=O) groups is 1. The Morgan fingerprint density at radius 1 is 1.26 bits per heavy atom. The highest BCUT2D eigenvalue weighted by Gasteiger charge is 2.24. The first-order valence-electron chi connectivity index (χ1n) is 12.3. The molecule has 0 radical (unpaired) electrons. The van der Waals surface area contributed by atoms with E-state index < -0.39 is 12.1 Å². The van der Waals surface area contributed by atoms with Crippen molar-refractivity contribution in [3.8, 4) is 5.69 Å². The Labute approximate surface area is 205 Å². The molecule has 1 amide bonds. The molecule has 1 saturated carbocycles. The molecule has 1 aliphatic carbocycles. The predicted octanol–water partition coefficient (Wildman–Crippen LogP) is 3.00. The minimum absolute atomic E-state index is 0.0530. The number of hydrogen-bond acceptors (Lipinski definition) is 5. The van der Waals surface area contributed by atoms with Crippen LogP contribution in [-0.4, -0.2) is 52.2 Å². The van der Waals surface area contributed by atoms with Crippen LogP contribution in [0.1, 0.15) is 61.0 Å². The summed E-state index contributed by atoms with van der Waals surface area (Å²) >= 11 is 6.32. The van der Waals surface area contributed by atoms with E-state index in [1.165, 1.54) is 17.4 Å². The van der Waals surface area contributed by atoms with Crippen LogP contribution in [0, 0.1) is 12.8 Å². The highest BCUT2D eigenvalue weighted by Crippen LogP contribution is 2.26. The number of amides is 1. The highest BCUT2D eigenvalue weighted by molar-refractivity contribution is 6.33. The van der Waals surface area contributed by atoms with Gasteiger partial charge in [-0.2, -0.15) is 0 Å². The Hall–Kier alpha value is -2.13. The Kier molecular flexibility index (Phi) is 8.47. The first-order valence-corrected chi connectivity index (χ1v) is 12.7. The lowest BCUT2D eigenvalue weighted by Gasteiger charge is -2.27. The average Bonchev–Trinajstić information content (AvgIpc) is 2.97. The number of aliphatic hydroxyl groups excluding tert-OH is 1. The molecule has 3 N–H and O–H groups in total. The largest absolute Gasteiger partial charge is 0.376 e. The molecule has 2 aliphatic rings. The monoisotopic (exact) mass is 490 g/mol. The molecule has 1 aliphatic heterocycles. The molecule has 186 valence electrons. The molecular formula is C25H35ClN4O4. The van der Waals surface area contributed by atoms with E-state index in [4.69, 9.17) is 16.3 Å². The van der Waals surface area contributed by atoms with Crippen LogP contribution in [0.15, 0.2) is 29.2 Å². The zero-order valence-corrected chi connectivity index (χ0v) is 20.5. The zero-order chi connectivity index (χ0) is 24.1. The molecule has 0 spiro atoms. The number of halogens is 1. The van der Waals surface area contributed by atoms with Gasteiger partial charge in [0.15, 0.2) is 0 Å². The standard InChI is InChI=1S/C25H35ClN4O4/c1-17-16-30(25(33)29(17)11-6-12-34-20-14-27-15-20)19-9-10-22(26)21(13-19)24(32)28-23(31)18-7-4-2-3-5-8-18/h9-10,13,16,18,20,23,27,31H,2-8,11-12,14-15H2,1H3,(H,28,32). The van der Waals surface area contributed by atoms with Crippen LogP contribution in [0.4, 0.5) is 0 Å². The van der Waals surface area contributed by atoms with Crippen LogP contribution in [0.2, 0.25) is 5.02 Å². The number of benzene rings is 1. The lowest BCUT2D eigenvalue weighted by atomic mass is 9.98. The second-order valence-electron chi connectivity index (χ2n) is 9.41. The summed E-state index contributed by atoms with van der Waals surface area (Å²) in [6.45, 7) is 4.84. The van der Waals surface area contributed by atoms with Gasteiger partial charge >= 0.3 is 5.69 Å². The number of aliphatic hydroxyl groups is 1. The Bertz CT molecular complexity index is 1040. The van der Waals surface area contributed by atoms with Gasteiger partial charge in [-0.3, -0.25) is 13.9 Å². The van der Waals surface area contributed by atoms with E-state index >= 15 is 0 Å². The molecule has 9 heteroatoms. The third-order valence-corrected chi connectivity index (χ3v) is 7.23. The first-order chi connectivity index (χ1) is 16.4. The van der Waals surface area contributed by atoms with Crippen molar-refractivity contribution in [3.05, 3.63) is 51.2 Å². The van der Waals surface area contributed by atoms with Gasteiger partial charge in [0, 0.05) is 44.0 Å². The normalized spacial score (nSPS) is 18.3. The number of carbonyl (C=O) groups excluding carboxylic acids is 1. The quantitative estimate of drug-likeness (QED) is 0.285. The highest BCUT2D eigenvalue weighted by atomic mass is 35.5. The second-order valence-corrected chi connectivity index (χ2v) is 9.82. The summed E-state index contributed by atoms with van der Waals surface area (Å²) in [6, 6.07) is 4.94. The van der Waals surface area contributed by atoms with Crippen LogP contribution in [0.3, 0.4) is 0 Å². The zero-order valence-electron chi connectivity index (χ0n) is 19.8. The molecule has 1 aromatic carbocycles. The molecule has 1 aromatic heterocycles. The number of rotatable bonds is 9. The van der Waals surface area contributed by atoms with Crippen molar-refractivity contribution < 1.29 is 14.6 Å². The van der Waals surface area contributed by atoms with Gasteiger partial charge < -0.3 is 20.5 Å². The van der Waals surface area contributed by atoms with Gasteiger partial charge in [0.25, 0.3) is 5.91 Å². The number of aromatic nitrogens is 2. The van der Waals surface area contributed by atoms with Gasteiger partial charge in [-0.25, -0.2) is 4.79 Å². The molecule has 1 atom stereocenters. The van der Waals surface area contributed by atoms with Crippen molar-refractivity contribution in [2.24, 2.45) is 5.92 Å². The molecule has 1 saturated heterocycles. The number of ether oxygens (including phenoxy) is 1. The van der Waals surface area contributed by atoms with E-state index in [9.17, 15) is 14.7 Å². The minimum Gasteiger partial charge on any atom is -0.376 e. The van der Waals surface area contributed by atoms with Crippen molar-refractivity contribution in [3.63, 3.8) is 0 Å². The van der Waals surface area contributed by atoms with Crippen LogP contribution in [0.25, 0.3) is 5.69 Å². The summed E-state index contributed by atoms with van der Waals surface area (Å²) in [4.78, 5) is 26.0. The van der Waals surface area contributed by atoms with Crippen LogP contribution in [-0.2, 0) is 11.3 Å². The molecule has 2 aromatic rings. The van der Waals surface area contributed by atoms with Crippen molar-refractivity contribution in [2.75, 3.05) is 19.7 Å².